The topological polar surface area (TPSA) is 29.3 Å². The van der Waals surface area contributed by atoms with E-state index in [2.05, 4.69) is 43.0 Å². The van der Waals surface area contributed by atoms with Crippen LogP contribution in [0, 0.1) is 5.92 Å². The first-order valence-corrected chi connectivity index (χ1v) is 7.35. The van der Waals surface area contributed by atoms with Crippen molar-refractivity contribution in [2.24, 2.45) is 11.7 Å². The lowest BCUT2D eigenvalue weighted by Crippen LogP contribution is -2.34. The summed E-state index contributed by atoms with van der Waals surface area (Å²) in [5.41, 5.74) is 8.91. The Labute approximate surface area is 111 Å². The van der Waals surface area contributed by atoms with Gasteiger partial charge in [-0.1, -0.05) is 38.5 Å². The van der Waals surface area contributed by atoms with E-state index in [4.69, 9.17) is 5.73 Å². The Morgan fingerprint density at radius 1 is 1.22 bits per heavy atom. The highest BCUT2D eigenvalue weighted by Gasteiger charge is 2.20. The van der Waals surface area contributed by atoms with Crippen molar-refractivity contribution in [2.45, 2.75) is 45.6 Å². The molecule has 2 heteroatoms. The molecule has 1 atom stereocenters. The molecule has 0 amide bonds. The normalized spacial score (nSPS) is 18.9. The highest BCUT2D eigenvalue weighted by atomic mass is 15.1. The average molecular weight is 246 g/mol. The van der Waals surface area contributed by atoms with Crippen molar-refractivity contribution in [3.05, 3.63) is 29.8 Å². The third-order valence-corrected chi connectivity index (χ3v) is 4.31. The zero-order valence-electron chi connectivity index (χ0n) is 11.7. The number of hydrogen-bond acceptors (Lipinski definition) is 2. The highest BCUT2D eigenvalue weighted by Crippen LogP contribution is 2.30. The maximum Gasteiger partial charge on any atom is 0.0414 e. The second-order valence-electron chi connectivity index (χ2n) is 5.41. The van der Waals surface area contributed by atoms with Crippen LogP contribution in [-0.2, 0) is 0 Å². The Morgan fingerprint density at radius 3 is 2.50 bits per heavy atom. The minimum atomic E-state index is 0.171. The van der Waals surface area contributed by atoms with E-state index in [1.807, 2.05) is 0 Å². The highest BCUT2D eigenvalue weighted by molar-refractivity contribution is 5.55. The smallest absolute Gasteiger partial charge is 0.0414 e. The fraction of sp³-hybridized carbons (Fsp3) is 0.625. The first kappa shape index (κ1) is 13.4. The van der Waals surface area contributed by atoms with Crippen molar-refractivity contribution in [2.75, 3.05) is 18.0 Å². The summed E-state index contributed by atoms with van der Waals surface area (Å²) >= 11 is 0. The number of nitrogens with two attached hydrogens (primary N) is 1. The number of piperidine rings is 1. The van der Waals surface area contributed by atoms with E-state index in [0.29, 0.717) is 0 Å². The fourth-order valence-corrected chi connectivity index (χ4v) is 2.89. The van der Waals surface area contributed by atoms with Gasteiger partial charge in [0, 0.05) is 24.8 Å². The van der Waals surface area contributed by atoms with Crippen LogP contribution in [0.1, 0.15) is 51.1 Å². The van der Waals surface area contributed by atoms with E-state index in [-0.39, 0.29) is 6.04 Å². The van der Waals surface area contributed by atoms with E-state index in [0.717, 1.165) is 12.3 Å². The summed E-state index contributed by atoms with van der Waals surface area (Å²) in [7, 11) is 0. The fourth-order valence-electron chi connectivity index (χ4n) is 2.89. The second-order valence-corrected chi connectivity index (χ2v) is 5.41. The number of nitrogens with zero attached hydrogens (tertiary/aromatic N) is 1. The molecule has 1 aromatic rings. The van der Waals surface area contributed by atoms with Gasteiger partial charge >= 0.3 is 0 Å². The lowest BCUT2D eigenvalue weighted by molar-refractivity contribution is 0.394. The molecule has 0 aliphatic carbocycles. The Kier molecular flexibility index (Phi) is 4.65. The van der Waals surface area contributed by atoms with Crippen molar-refractivity contribution in [1.82, 2.24) is 0 Å². The quantitative estimate of drug-likeness (QED) is 0.877. The van der Waals surface area contributed by atoms with Gasteiger partial charge < -0.3 is 10.6 Å². The molecule has 1 aliphatic heterocycles. The first-order chi connectivity index (χ1) is 8.76. The van der Waals surface area contributed by atoms with Gasteiger partial charge in [0.15, 0.2) is 0 Å². The van der Waals surface area contributed by atoms with Crippen LogP contribution in [0.3, 0.4) is 0 Å². The molecule has 1 fully saturated rings. The maximum absolute atomic E-state index is 6.23. The summed E-state index contributed by atoms with van der Waals surface area (Å²) in [6, 6.07) is 8.83. The molecule has 1 saturated heterocycles. The number of para-hydroxylation sites is 1. The summed E-state index contributed by atoms with van der Waals surface area (Å²) in [5.74, 6) is 0.924. The van der Waals surface area contributed by atoms with E-state index in [1.54, 1.807) is 0 Å². The molecule has 1 aromatic carbocycles. The van der Waals surface area contributed by atoms with Crippen LogP contribution in [0.15, 0.2) is 24.3 Å². The lowest BCUT2D eigenvalue weighted by atomic mass is 9.93. The molecule has 1 heterocycles. The summed E-state index contributed by atoms with van der Waals surface area (Å²) in [6.45, 7) is 6.84. The minimum Gasteiger partial charge on any atom is -0.371 e. The third-order valence-electron chi connectivity index (χ3n) is 4.31. The SMILES string of the molecule is CCC1CCN(c2ccccc2[C@@H](N)CC)CC1. The molecule has 2 nitrogen and oxygen atoms in total. The van der Waals surface area contributed by atoms with E-state index < -0.39 is 0 Å². The van der Waals surface area contributed by atoms with Gasteiger partial charge in [0.2, 0.25) is 0 Å². The van der Waals surface area contributed by atoms with E-state index in [1.165, 1.54) is 43.6 Å². The zero-order valence-corrected chi connectivity index (χ0v) is 11.7. The summed E-state index contributed by atoms with van der Waals surface area (Å²) in [5, 5.41) is 0. The number of anilines is 1. The number of hydrogen-bond donors (Lipinski definition) is 1. The van der Waals surface area contributed by atoms with Crippen LogP contribution in [0.4, 0.5) is 5.69 Å². The molecule has 1 aliphatic rings. The molecular formula is C16H26N2. The molecule has 0 bridgehead atoms. The Bertz CT molecular complexity index is 367. The standard InChI is InChI=1S/C16H26N2/c1-3-13-9-11-18(12-10-13)16-8-6-5-7-14(16)15(17)4-2/h5-8,13,15H,3-4,9-12,17H2,1-2H3/t15-/m0/s1. The van der Waals surface area contributed by atoms with Crippen LogP contribution >= 0.6 is 0 Å². The monoisotopic (exact) mass is 246 g/mol. The molecule has 2 rings (SSSR count). The lowest BCUT2D eigenvalue weighted by Gasteiger charge is -2.35. The van der Waals surface area contributed by atoms with Gasteiger partial charge in [0.1, 0.15) is 0 Å². The average Bonchev–Trinajstić information content (AvgIpc) is 2.46. The van der Waals surface area contributed by atoms with Gasteiger partial charge in [-0.05, 0) is 36.8 Å². The van der Waals surface area contributed by atoms with Crippen molar-refractivity contribution in [3.63, 3.8) is 0 Å². The van der Waals surface area contributed by atoms with Gasteiger partial charge in [-0.2, -0.15) is 0 Å². The summed E-state index contributed by atoms with van der Waals surface area (Å²) < 4.78 is 0. The molecule has 100 valence electrons. The van der Waals surface area contributed by atoms with Crippen molar-refractivity contribution >= 4 is 5.69 Å². The van der Waals surface area contributed by atoms with Crippen LogP contribution in [0.5, 0.6) is 0 Å². The predicted octanol–water partition coefficient (Wildman–Crippen LogP) is 3.72. The van der Waals surface area contributed by atoms with Gasteiger partial charge in [-0.15, -0.1) is 0 Å². The van der Waals surface area contributed by atoms with E-state index >= 15 is 0 Å². The van der Waals surface area contributed by atoms with Crippen LogP contribution < -0.4 is 10.6 Å². The Balaban J connectivity index is 2.13. The van der Waals surface area contributed by atoms with Crippen molar-refractivity contribution in [3.8, 4) is 0 Å². The molecule has 0 unspecified atom stereocenters. The molecule has 0 spiro atoms. The summed E-state index contributed by atoms with van der Waals surface area (Å²) in [6.07, 6.45) is 4.98. The molecule has 0 radical (unpaired) electrons. The third kappa shape index (κ3) is 2.86. The molecule has 2 N–H and O–H groups in total. The zero-order chi connectivity index (χ0) is 13.0. The second kappa shape index (κ2) is 6.24. The van der Waals surface area contributed by atoms with E-state index in [9.17, 15) is 0 Å². The number of benzene rings is 1. The summed E-state index contributed by atoms with van der Waals surface area (Å²) in [4.78, 5) is 2.52. The molecule has 18 heavy (non-hydrogen) atoms. The Morgan fingerprint density at radius 2 is 1.89 bits per heavy atom. The van der Waals surface area contributed by atoms with Gasteiger partial charge in [0.25, 0.3) is 0 Å². The number of rotatable bonds is 4. The van der Waals surface area contributed by atoms with Gasteiger partial charge in [0.05, 0.1) is 0 Å². The van der Waals surface area contributed by atoms with Crippen molar-refractivity contribution < 1.29 is 0 Å². The molecule has 0 saturated carbocycles. The van der Waals surface area contributed by atoms with Crippen LogP contribution in [0.25, 0.3) is 0 Å². The minimum absolute atomic E-state index is 0.171. The maximum atomic E-state index is 6.23. The van der Waals surface area contributed by atoms with Gasteiger partial charge in [-0.25, -0.2) is 0 Å². The van der Waals surface area contributed by atoms with Crippen LogP contribution in [0.2, 0.25) is 0 Å². The van der Waals surface area contributed by atoms with Crippen molar-refractivity contribution in [1.29, 1.82) is 0 Å². The predicted molar refractivity (Wildman–Crippen MR) is 78.9 cm³/mol. The van der Waals surface area contributed by atoms with Gasteiger partial charge in [-0.3, -0.25) is 0 Å². The largest absolute Gasteiger partial charge is 0.371 e. The molecular weight excluding hydrogens is 220 g/mol. The van der Waals surface area contributed by atoms with Crippen LogP contribution in [-0.4, -0.2) is 13.1 Å². The Hall–Kier alpha value is -1.02. The molecule has 0 aromatic heterocycles. The first-order valence-electron chi connectivity index (χ1n) is 7.35.